The summed E-state index contributed by atoms with van der Waals surface area (Å²) >= 11 is 0. The van der Waals surface area contributed by atoms with Crippen LogP contribution in [-0.2, 0) is 4.79 Å². The summed E-state index contributed by atoms with van der Waals surface area (Å²) in [5, 5.41) is 3.46. The molecule has 2 fully saturated rings. The molecule has 0 spiro atoms. The van der Waals surface area contributed by atoms with Gasteiger partial charge in [-0.2, -0.15) is 0 Å². The first-order valence-corrected chi connectivity index (χ1v) is 10.9. The molecule has 0 aromatic carbocycles. The van der Waals surface area contributed by atoms with Gasteiger partial charge >= 0.3 is 0 Å². The molecule has 0 aromatic rings. The fraction of sp³-hybridized carbons (Fsp3) is 0.952. The largest absolute Gasteiger partial charge is 0.330 e. The first-order chi connectivity index (χ1) is 12.2. The van der Waals surface area contributed by atoms with Crippen molar-refractivity contribution in [3.05, 3.63) is 0 Å². The van der Waals surface area contributed by atoms with E-state index in [2.05, 4.69) is 5.32 Å². The second kappa shape index (κ2) is 12.0. The van der Waals surface area contributed by atoms with Crippen LogP contribution in [-0.4, -0.2) is 31.5 Å². The molecule has 4 nitrogen and oxygen atoms in total. The van der Waals surface area contributed by atoms with E-state index < -0.39 is 0 Å². The van der Waals surface area contributed by atoms with E-state index in [0.29, 0.717) is 17.6 Å². The van der Waals surface area contributed by atoms with Crippen LogP contribution in [0.2, 0.25) is 0 Å². The molecule has 1 unspecified atom stereocenters. The van der Waals surface area contributed by atoms with E-state index in [1.807, 2.05) is 0 Å². The van der Waals surface area contributed by atoms with Gasteiger partial charge in [0.15, 0.2) is 5.78 Å². The zero-order valence-corrected chi connectivity index (χ0v) is 16.2. The van der Waals surface area contributed by atoms with Crippen LogP contribution >= 0.6 is 0 Å². The van der Waals surface area contributed by atoms with E-state index in [0.717, 1.165) is 38.9 Å². The highest BCUT2D eigenvalue weighted by molar-refractivity contribution is 5.86. The number of hydrogen-bond acceptors (Lipinski definition) is 4. The number of carbonyl (C=O) groups is 1. The quantitative estimate of drug-likeness (QED) is 0.498. The number of nitrogens with one attached hydrogen (secondary N) is 1. The first kappa shape index (κ1) is 20.9. The van der Waals surface area contributed by atoms with Gasteiger partial charge in [-0.15, -0.1) is 0 Å². The lowest BCUT2D eigenvalue weighted by Gasteiger charge is -2.32. The normalized spacial score (nSPS) is 22.6. The Kier molecular flexibility index (Phi) is 10.0. The van der Waals surface area contributed by atoms with Crippen molar-refractivity contribution < 1.29 is 4.79 Å². The number of Topliss-reactive ketones (excluding diaryl/α,β-unsaturated/α-hetero) is 1. The fourth-order valence-corrected chi connectivity index (χ4v) is 4.93. The minimum absolute atomic E-state index is 0.171. The molecule has 2 saturated carbocycles. The Morgan fingerprint density at radius 3 is 2.24 bits per heavy atom. The van der Waals surface area contributed by atoms with Gasteiger partial charge in [0.2, 0.25) is 0 Å². The van der Waals surface area contributed by atoms with Crippen molar-refractivity contribution in [3.8, 4) is 0 Å². The zero-order chi connectivity index (χ0) is 17.9. The summed E-state index contributed by atoms with van der Waals surface area (Å²) in [5.74, 6) is 1.78. The maximum Gasteiger partial charge on any atom is 0.152 e. The van der Waals surface area contributed by atoms with Gasteiger partial charge in [0.25, 0.3) is 0 Å². The number of ketones is 1. The number of hydrogen-bond donors (Lipinski definition) is 3. The second-order valence-electron chi connectivity index (χ2n) is 8.43. The van der Waals surface area contributed by atoms with E-state index in [1.165, 1.54) is 64.2 Å². The molecular weight excluding hydrogens is 310 g/mol. The Bertz CT molecular complexity index is 362. The Morgan fingerprint density at radius 2 is 1.60 bits per heavy atom. The van der Waals surface area contributed by atoms with Crippen LogP contribution < -0.4 is 16.8 Å². The predicted molar refractivity (Wildman–Crippen MR) is 105 cm³/mol. The highest BCUT2D eigenvalue weighted by Gasteiger charge is 2.33. The van der Waals surface area contributed by atoms with E-state index >= 15 is 0 Å². The molecule has 0 aliphatic heterocycles. The average Bonchev–Trinajstić information content (AvgIpc) is 2.65. The predicted octanol–water partition coefficient (Wildman–Crippen LogP) is 3.38. The molecule has 0 bridgehead atoms. The summed E-state index contributed by atoms with van der Waals surface area (Å²) in [6.07, 6.45) is 15.8. The van der Waals surface area contributed by atoms with Crippen molar-refractivity contribution in [2.24, 2.45) is 29.2 Å². The summed E-state index contributed by atoms with van der Waals surface area (Å²) < 4.78 is 0. The number of rotatable bonds is 11. The third-order valence-electron chi connectivity index (χ3n) is 6.45. The van der Waals surface area contributed by atoms with E-state index in [9.17, 15) is 4.79 Å². The van der Waals surface area contributed by atoms with Gasteiger partial charge < -0.3 is 16.8 Å². The molecule has 0 aromatic heterocycles. The Balaban J connectivity index is 1.85. The molecule has 0 saturated heterocycles. The third kappa shape index (κ3) is 7.36. The monoisotopic (exact) mass is 351 g/mol. The van der Waals surface area contributed by atoms with Crippen LogP contribution in [0.15, 0.2) is 0 Å². The van der Waals surface area contributed by atoms with Crippen LogP contribution in [0, 0.1) is 17.8 Å². The fourth-order valence-electron chi connectivity index (χ4n) is 4.93. The molecule has 146 valence electrons. The molecule has 2 aliphatic carbocycles. The lowest BCUT2D eigenvalue weighted by Crippen LogP contribution is -2.41. The number of carbonyl (C=O) groups excluding carboxylic acids is 1. The second-order valence-corrected chi connectivity index (χ2v) is 8.43. The molecule has 5 N–H and O–H groups in total. The van der Waals surface area contributed by atoms with Crippen molar-refractivity contribution in [1.29, 1.82) is 0 Å². The van der Waals surface area contributed by atoms with E-state index in [1.54, 1.807) is 0 Å². The summed E-state index contributed by atoms with van der Waals surface area (Å²) in [7, 11) is 0. The van der Waals surface area contributed by atoms with E-state index in [-0.39, 0.29) is 12.0 Å². The Morgan fingerprint density at radius 1 is 0.960 bits per heavy atom. The molecule has 2 rings (SSSR count). The smallest absolute Gasteiger partial charge is 0.152 e. The average molecular weight is 352 g/mol. The van der Waals surface area contributed by atoms with Crippen LogP contribution in [0.4, 0.5) is 0 Å². The molecule has 0 amide bonds. The Labute approximate surface area is 154 Å². The van der Waals surface area contributed by atoms with Crippen molar-refractivity contribution in [3.63, 3.8) is 0 Å². The molecule has 0 heterocycles. The van der Waals surface area contributed by atoms with Crippen molar-refractivity contribution in [2.45, 2.75) is 89.5 Å². The van der Waals surface area contributed by atoms with Gasteiger partial charge in [-0.3, -0.25) is 4.79 Å². The lowest BCUT2D eigenvalue weighted by molar-refractivity contribution is -0.127. The minimum Gasteiger partial charge on any atom is -0.330 e. The third-order valence-corrected chi connectivity index (χ3v) is 6.45. The highest BCUT2D eigenvalue weighted by Crippen LogP contribution is 2.34. The highest BCUT2D eigenvalue weighted by atomic mass is 16.1. The molecular formula is C21H41N3O. The zero-order valence-electron chi connectivity index (χ0n) is 16.2. The molecule has 25 heavy (non-hydrogen) atoms. The minimum atomic E-state index is -0.237. The lowest BCUT2D eigenvalue weighted by atomic mass is 9.73. The Hall–Kier alpha value is -0.450. The molecule has 2 aliphatic rings. The summed E-state index contributed by atoms with van der Waals surface area (Å²) in [4.78, 5) is 13.2. The van der Waals surface area contributed by atoms with Gasteiger partial charge in [-0.05, 0) is 63.6 Å². The van der Waals surface area contributed by atoms with Gasteiger partial charge in [-0.25, -0.2) is 0 Å². The summed E-state index contributed by atoms with van der Waals surface area (Å²) in [6, 6.07) is -0.237. The SMILES string of the molecule is NCCCNCCC(C(=O)[C@@H](N)CC1CCCCC1)C1CCCCC1. The van der Waals surface area contributed by atoms with Crippen molar-refractivity contribution >= 4 is 5.78 Å². The first-order valence-electron chi connectivity index (χ1n) is 10.9. The van der Waals surface area contributed by atoms with Gasteiger partial charge in [0.1, 0.15) is 0 Å². The van der Waals surface area contributed by atoms with Gasteiger partial charge in [0.05, 0.1) is 6.04 Å². The maximum absolute atomic E-state index is 13.2. The standard InChI is InChI=1S/C21H41N3O/c22-13-7-14-24-15-12-19(18-10-5-2-6-11-18)21(25)20(23)16-17-8-3-1-4-9-17/h17-20,24H,1-16,22-23H2/t19?,20-/m0/s1. The van der Waals surface area contributed by atoms with Crippen molar-refractivity contribution in [1.82, 2.24) is 5.32 Å². The maximum atomic E-state index is 13.2. The summed E-state index contributed by atoms with van der Waals surface area (Å²) in [5.41, 5.74) is 12.0. The van der Waals surface area contributed by atoms with Gasteiger partial charge in [0, 0.05) is 5.92 Å². The molecule has 2 atom stereocenters. The summed E-state index contributed by atoms with van der Waals surface area (Å²) in [6.45, 7) is 2.60. The van der Waals surface area contributed by atoms with Crippen LogP contribution in [0.5, 0.6) is 0 Å². The van der Waals surface area contributed by atoms with Crippen LogP contribution in [0.1, 0.15) is 83.5 Å². The number of nitrogens with two attached hydrogens (primary N) is 2. The molecule has 0 radical (unpaired) electrons. The van der Waals surface area contributed by atoms with Crippen LogP contribution in [0.25, 0.3) is 0 Å². The van der Waals surface area contributed by atoms with E-state index in [4.69, 9.17) is 11.5 Å². The van der Waals surface area contributed by atoms with Gasteiger partial charge in [-0.1, -0.05) is 51.4 Å². The topological polar surface area (TPSA) is 81.1 Å². The van der Waals surface area contributed by atoms with Crippen LogP contribution in [0.3, 0.4) is 0 Å². The molecule has 4 heteroatoms. The van der Waals surface area contributed by atoms with Crippen molar-refractivity contribution in [2.75, 3.05) is 19.6 Å².